The molecule has 0 radical (unpaired) electrons. The van der Waals surface area contributed by atoms with Gasteiger partial charge in [-0.25, -0.2) is 4.79 Å². The summed E-state index contributed by atoms with van der Waals surface area (Å²) in [5.41, 5.74) is 2.10. The first kappa shape index (κ1) is 12.5. The predicted molar refractivity (Wildman–Crippen MR) is 58.4 cm³/mol. The van der Waals surface area contributed by atoms with E-state index >= 15 is 0 Å². The molecule has 1 aromatic rings. The average Bonchev–Trinajstić information content (AvgIpc) is 2.16. The molecule has 0 bridgehead atoms. The van der Waals surface area contributed by atoms with Gasteiger partial charge < -0.3 is 9.84 Å². The fraction of sp³-hybridized carbons (Fsp3) is 0.417. The van der Waals surface area contributed by atoms with Gasteiger partial charge in [0.15, 0.2) is 0 Å². The van der Waals surface area contributed by atoms with E-state index in [4.69, 9.17) is 5.11 Å². The maximum Gasteiger partial charge on any atom is 0.378 e. The van der Waals surface area contributed by atoms with E-state index in [9.17, 15) is 9.18 Å². The Bertz CT molecular complexity index is 388. The van der Waals surface area contributed by atoms with Crippen molar-refractivity contribution in [3.8, 4) is 5.75 Å². The van der Waals surface area contributed by atoms with Crippen LogP contribution < -0.4 is 4.74 Å². The Labute approximate surface area is 93.9 Å². The van der Waals surface area contributed by atoms with Crippen LogP contribution in [0.3, 0.4) is 0 Å². The van der Waals surface area contributed by atoms with Crippen molar-refractivity contribution in [3.63, 3.8) is 0 Å². The van der Waals surface area contributed by atoms with Crippen LogP contribution in [0.15, 0.2) is 18.2 Å². The van der Waals surface area contributed by atoms with Crippen LogP contribution in [0.1, 0.15) is 30.9 Å². The first-order valence-corrected chi connectivity index (χ1v) is 5.06. The lowest BCUT2D eigenvalue weighted by Gasteiger charge is -2.12. The van der Waals surface area contributed by atoms with Gasteiger partial charge in [0.1, 0.15) is 5.75 Å². The van der Waals surface area contributed by atoms with E-state index in [2.05, 4.69) is 18.6 Å². The molecule has 1 rings (SSSR count). The Morgan fingerprint density at radius 3 is 2.50 bits per heavy atom. The van der Waals surface area contributed by atoms with Crippen LogP contribution in [-0.2, 0) is 4.79 Å². The molecule has 1 N–H and O–H groups in total. The van der Waals surface area contributed by atoms with Gasteiger partial charge >= 0.3 is 12.3 Å². The molecule has 0 amide bonds. The molecule has 1 atom stereocenters. The monoisotopic (exact) mass is 226 g/mol. The van der Waals surface area contributed by atoms with Crippen molar-refractivity contribution >= 4 is 5.97 Å². The number of hydrogen-bond acceptors (Lipinski definition) is 2. The molecule has 0 heterocycles. The third-order valence-electron chi connectivity index (χ3n) is 2.30. The zero-order valence-corrected chi connectivity index (χ0v) is 9.53. The molecule has 1 unspecified atom stereocenters. The summed E-state index contributed by atoms with van der Waals surface area (Å²) in [7, 11) is 0. The summed E-state index contributed by atoms with van der Waals surface area (Å²) in [4.78, 5) is 10.3. The van der Waals surface area contributed by atoms with Crippen molar-refractivity contribution in [1.29, 1.82) is 0 Å². The number of carboxylic acid groups (broad SMARTS) is 1. The molecule has 16 heavy (non-hydrogen) atoms. The summed E-state index contributed by atoms with van der Waals surface area (Å²) >= 11 is 0. The SMILES string of the molecule is Cc1cc(OC(F)C(=O)O)ccc1C(C)C. The van der Waals surface area contributed by atoms with Gasteiger partial charge in [0, 0.05) is 0 Å². The zero-order chi connectivity index (χ0) is 12.3. The van der Waals surface area contributed by atoms with Gasteiger partial charge in [-0.1, -0.05) is 19.9 Å². The summed E-state index contributed by atoms with van der Waals surface area (Å²) < 4.78 is 17.4. The largest absolute Gasteiger partial charge is 0.476 e. The van der Waals surface area contributed by atoms with Crippen LogP contribution in [-0.4, -0.2) is 17.4 Å². The fourth-order valence-corrected chi connectivity index (χ4v) is 1.54. The van der Waals surface area contributed by atoms with Gasteiger partial charge in [-0.3, -0.25) is 0 Å². The van der Waals surface area contributed by atoms with Crippen LogP contribution in [0.25, 0.3) is 0 Å². The summed E-state index contributed by atoms with van der Waals surface area (Å²) in [6.45, 7) is 5.99. The van der Waals surface area contributed by atoms with Crippen molar-refractivity contribution < 1.29 is 19.0 Å². The number of benzene rings is 1. The molecule has 0 saturated carbocycles. The van der Waals surface area contributed by atoms with Crippen molar-refractivity contribution in [1.82, 2.24) is 0 Å². The maximum atomic E-state index is 12.8. The van der Waals surface area contributed by atoms with E-state index in [1.807, 2.05) is 13.0 Å². The van der Waals surface area contributed by atoms with Gasteiger partial charge in [-0.2, -0.15) is 4.39 Å². The molecular formula is C12H15FO3. The summed E-state index contributed by atoms with van der Waals surface area (Å²) in [5, 5.41) is 8.36. The molecule has 0 saturated heterocycles. The number of halogens is 1. The molecule has 0 aliphatic heterocycles. The fourth-order valence-electron chi connectivity index (χ4n) is 1.54. The van der Waals surface area contributed by atoms with Crippen molar-refractivity contribution in [2.45, 2.75) is 33.0 Å². The minimum atomic E-state index is -2.32. The molecule has 0 aromatic heterocycles. The number of aliphatic carboxylic acids is 1. The molecule has 0 fully saturated rings. The lowest BCUT2D eigenvalue weighted by atomic mass is 9.98. The van der Waals surface area contributed by atoms with Crippen LogP contribution in [0.2, 0.25) is 0 Å². The molecule has 1 aromatic carbocycles. The van der Waals surface area contributed by atoms with E-state index in [-0.39, 0.29) is 5.75 Å². The van der Waals surface area contributed by atoms with E-state index < -0.39 is 12.3 Å². The molecule has 88 valence electrons. The van der Waals surface area contributed by atoms with E-state index in [0.29, 0.717) is 5.92 Å². The zero-order valence-electron chi connectivity index (χ0n) is 9.53. The second-order valence-electron chi connectivity index (χ2n) is 3.95. The van der Waals surface area contributed by atoms with Crippen LogP contribution in [0.5, 0.6) is 5.75 Å². The third kappa shape index (κ3) is 2.95. The van der Waals surface area contributed by atoms with Crippen molar-refractivity contribution in [2.75, 3.05) is 0 Å². The van der Waals surface area contributed by atoms with Crippen LogP contribution in [0.4, 0.5) is 4.39 Å². The highest BCUT2D eigenvalue weighted by atomic mass is 19.1. The van der Waals surface area contributed by atoms with E-state index in [1.54, 1.807) is 12.1 Å². The number of ether oxygens (including phenoxy) is 1. The Morgan fingerprint density at radius 2 is 2.06 bits per heavy atom. The number of alkyl halides is 1. The summed E-state index contributed by atoms with van der Waals surface area (Å²) in [6.07, 6.45) is -2.32. The average molecular weight is 226 g/mol. The van der Waals surface area contributed by atoms with Gasteiger partial charge in [0.2, 0.25) is 0 Å². The number of carbonyl (C=O) groups is 1. The quantitative estimate of drug-likeness (QED) is 0.858. The van der Waals surface area contributed by atoms with Gasteiger partial charge in [-0.05, 0) is 36.1 Å². The normalized spacial score (nSPS) is 12.6. The molecule has 0 aliphatic rings. The van der Waals surface area contributed by atoms with Crippen LogP contribution >= 0.6 is 0 Å². The van der Waals surface area contributed by atoms with Gasteiger partial charge in [-0.15, -0.1) is 0 Å². The van der Waals surface area contributed by atoms with E-state index in [1.165, 1.54) is 0 Å². The number of carboxylic acids is 1. The number of hydrogen-bond donors (Lipinski definition) is 1. The summed E-state index contributed by atoms with van der Waals surface area (Å²) in [6, 6.07) is 5.05. The highest BCUT2D eigenvalue weighted by Gasteiger charge is 2.17. The van der Waals surface area contributed by atoms with Gasteiger partial charge in [0.25, 0.3) is 0 Å². The first-order chi connectivity index (χ1) is 7.41. The minimum Gasteiger partial charge on any atom is -0.476 e. The molecule has 3 nitrogen and oxygen atoms in total. The smallest absolute Gasteiger partial charge is 0.378 e. The van der Waals surface area contributed by atoms with E-state index in [0.717, 1.165) is 11.1 Å². The second-order valence-corrected chi connectivity index (χ2v) is 3.95. The van der Waals surface area contributed by atoms with Crippen molar-refractivity contribution in [2.24, 2.45) is 0 Å². The lowest BCUT2D eigenvalue weighted by Crippen LogP contribution is -2.21. The predicted octanol–water partition coefficient (Wildman–Crippen LogP) is 2.88. The molecular weight excluding hydrogens is 211 g/mol. The summed E-state index contributed by atoms with van der Waals surface area (Å²) in [5.74, 6) is -1.02. The second kappa shape index (κ2) is 4.96. The Morgan fingerprint density at radius 1 is 1.44 bits per heavy atom. The van der Waals surface area contributed by atoms with Crippen molar-refractivity contribution in [3.05, 3.63) is 29.3 Å². The minimum absolute atomic E-state index is 0.233. The molecule has 4 heteroatoms. The first-order valence-electron chi connectivity index (χ1n) is 5.06. The molecule has 0 spiro atoms. The lowest BCUT2D eigenvalue weighted by molar-refractivity contribution is -0.153. The Hall–Kier alpha value is -1.58. The highest BCUT2D eigenvalue weighted by molar-refractivity contribution is 5.70. The molecule has 0 aliphatic carbocycles. The maximum absolute atomic E-state index is 12.8. The number of aryl methyl sites for hydroxylation is 1. The Kier molecular flexibility index (Phi) is 3.88. The Balaban J connectivity index is 2.85. The number of rotatable bonds is 4. The highest BCUT2D eigenvalue weighted by Crippen LogP contribution is 2.24. The topological polar surface area (TPSA) is 46.5 Å². The standard InChI is InChI=1S/C12H15FO3/c1-7(2)10-5-4-9(6-8(10)3)16-11(13)12(14)15/h4-7,11H,1-3H3,(H,14,15). The third-order valence-corrected chi connectivity index (χ3v) is 2.30. The van der Waals surface area contributed by atoms with Crippen LogP contribution in [0, 0.1) is 6.92 Å². The van der Waals surface area contributed by atoms with Gasteiger partial charge in [0.05, 0.1) is 0 Å².